The predicted octanol–water partition coefficient (Wildman–Crippen LogP) is 2.80. The number of ether oxygens (including phenoxy) is 1. The molecule has 9 nitrogen and oxygen atoms in total. The SMILES string of the molecule is CCCOc1ccc(F)c(-c2ccc(N)c(C(=O)Nc3cnccc3N3C[C@@H](N)C[C@H](O)C3)n2)c1. The molecule has 0 aliphatic carbocycles. The van der Waals surface area contributed by atoms with Crippen molar-refractivity contribution in [3.63, 3.8) is 0 Å². The van der Waals surface area contributed by atoms with Gasteiger partial charge >= 0.3 is 0 Å². The number of aromatic nitrogens is 2. The van der Waals surface area contributed by atoms with Crippen LogP contribution < -0.4 is 26.4 Å². The predicted molar refractivity (Wildman–Crippen MR) is 133 cm³/mol. The Balaban J connectivity index is 1.61. The van der Waals surface area contributed by atoms with E-state index in [4.69, 9.17) is 16.2 Å². The molecule has 3 aromatic rings. The van der Waals surface area contributed by atoms with Gasteiger partial charge in [0.05, 0.1) is 41.7 Å². The van der Waals surface area contributed by atoms with E-state index in [0.29, 0.717) is 43.2 Å². The Hall–Kier alpha value is -3.76. The van der Waals surface area contributed by atoms with Gasteiger partial charge in [-0.05, 0) is 49.2 Å². The fourth-order valence-corrected chi connectivity index (χ4v) is 4.06. The maximum Gasteiger partial charge on any atom is 0.276 e. The van der Waals surface area contributed by atoms with Crippen LogP contribution in [-0.2, 0) is 0 Å². The van der Waals surface area contributed by atoms with Gasteiger partial charge in [-0.25, -0.2) is 9.37 Å². The molecule has 1 aliphatic heterocycles. The van der Waals surface area contributed by atoms with Crippen molar-refractivity contribution in [2.45, 2.75) is 31.9 Å². The van der Waals surface area contributed by atoms with Crippen LogP contribution >= 0.6 is 0 Å². The molecule has 0 radical (unpaired) electrons. The van der Waals surface area contributed by atoms with Gasteiger partial charge in [-0.1, -0.05) is 6.92 Å². The topological polar surface area (TPSA) is 140 Å². The highest BCUT2D eigenvalue weighted by Gasteiger charge is 2.26. The van der Waals surface area contributed by atoms with Crippen LogP contribution in [0.1, 0.15) is 30.3 Å². The molecule has 184 valence electrons. The van der Waals surface area contributed by atoms with Gasteiger partial charge in [-0.15, -0.1) is 0 Å². The van der Waals surface area contributed by atoms with E-state index >= 15 is 0 Å². The number of hydrogen-bond acceptors (Lipinski definition) is 8. The van der Waals surface area contributed by atoms with E-state index in [1.165, 1.54) is 18.3 Å². The Bertz CT molecular complexity index is 1200. The van der Waals surface area contributed by atoms with Gasteiger partial charge in [0.25, 0.3) is 5.91 Å². The minimum Gasteiger partial charge on any atom is -0.494 e. The number of piperidine rings is 1. The van der Waals surface area contributed by atoms with Crippen LogP contribution in [0.3, 0.4) is 0 Å². The van der Waals surface area contributed by atoms with Crippen LogP contribution in [0.2, 0.25) is 0 Å². The summed E-state index contributed by atoms with van der Waals surface area (Å²) in [5.74, 6) is -0.555. The molecule has 35 heavy (non-hydrogen) atoms. The van der Waals surface area contributed by atoms with Gasteiger partial charge in [0.1, 0.15) is 11.6 Å². The lowest BCUT2D eigenvalue weighted by Crippen LogP contribution is -2.49. The number of pyridine rings is 2. The number of nitrogen functional groups attached to an aromatic ring is 1. The first-order valence-electron chi connectivity index (χ1n) is 11.5. The molecule has 0 spiro atoms. The van der Waals surface area contributed by atoms with Crippen molar-refractivity contribution in [3.05, 3.63) is 60.3 Å². The monoisotopic (exact) mass is 480 g/mol. The number of halogens is 1. The second kappa shape index (κ2) is 10.7. The summed E-state index contributed by atoms with van der Waals surface area (Å²) in [6.45, 7) is 3.38. The molecule has 1 aliphatic rings. The maximum absolute atomic E-state index is 14.6. The third-order valence-electron chi connectivity index (χ3n) is 5.68. The van der Waals surface area contributed by atoms with Crippen molar-refractivity contribution in [2.75, 3.05) is 35.6 Å². The summed E-state index contributed by atoms with van der Waals surface area (Å²) in [7, 11) is 0. The molecule has 4 rings (SSSR count). The summed E-state index contributed by atoms with van der Waals surface area (Å²) < 4.78 is 20.2. The van der Waals surface area contributed by atoms with Crippen molar-refractivity contribution in [3.8, 4) is 17.0 Å². The Morgan fingerprint density at radius 1 is 1.29 bits per heavy atom. The molecule has 2 aromatic heterocycles. The van der Waals surface area contributed by atoms with E-state index in [9.17, 15) is 14.3 Å². The number of aliphatic hydroxyl groups is 1. The lowest BCUT2D eigenvalue weighted by Gasteiger charge is -2.36. The van der Waals surface area contributed by atoms with Gasteiger partial charge in [0.2, 0.25) is 0 Å². The number of nitrogens with two attached hydrogens (primary N) is 2. The van der Waals surface area contributed by atoms with Crippen LogP contribution in [0.25, 0.3) is 11.3 Å². The van der Waals surface area contributed by atoms with E-state index in [-0.39, 0.29) is 28.7 Å². The van der Waals surface area contributed by atoms with Gasteiger partial charge < -0.3 is 31.5 Å². The second-order valence-corrected chi connectivity index (χ2v) is 8.53. The number of carbonyl (C=O) groups excluding carboxylic acids is 1. The number of carbonyl (C=O) groups is 1. The first-order chi connectivity index (χ1) is 16.9. The average molecular weight is 481 g/mol. The van der Waals surface area contributed by atoms with E-state index < -0.39 is 17.8 Å². The average Bonchev–Trinajstić information content (AvgIpc) is 2.83. The number of hydrogen-bond donors (Lipinski definition) is 4. The molecule has 1 saturated heterocycles. The Morgan fingerprint density at radius 2 is 2.11 bits per heavy atom. The van der Waals surface area contributed by atoms with Crippen molar-refractivity contribution in [1.82, 2.24) is 9.97 Å². The van der Waals surface area contributed by atoms with Crippen molar-refractivity contribution in [2.24, 2.45) is 5.73 Å². The summed E-state index contributed by atoms with van der Waals surface area (Å²) in [6, 6.07) is 9.02. The highest BCUT2D eigenvalue weighted by atomic mass is 19.1. The molecule has 0 unspecified atom stereocenters. The van der Waals surface area contributed by atoms with Gasteiger partial charge in [0, 0.05) is 30.9 Å². The zero-order valence-corrected chi connectivity index (χ0v) is 19.4. The summed E-state index contributed by atoms with van der Waals surface area (Å²) in [6.07, 6.45) is 3.86. The number of rotatable bonds is 7. The van der Waals surface area contributed by atoms with E-state index in [2.05, 4.69) is 15.3 Å². The first-order valence-corrected chi connectivity index (χ1v) is 11.5. The van der Waals surface area contributed by atoms with Crippen LogP contribution in [0.15, 0.2) is 48.8 Å². The fraction of sp³-hybridized carbons (Fsp3) is 0.320. The Morgan fingerprint density at radius 3 is 2.89 bits per heavy atom. The number of benzene rings is 1. The number of aliphatic hydroxyl groups excluding tert-OH is 1. The summed E-state index contributed by atoms with van der Waals surface area (Å²) in [4.78, 5) is 23.6. The largest absolute Gasteiger partial charge is 0.494 e. The molecule has 10 heteroatoms. The lowest BCUT2D eigenvalue weighted by atomic mass is 10.0. The van der Waals surface area contributed by atoms with Crippen molar-refractivity contribution in [1.29, 1.82) is 0 Å². The first kappa shape index (κ1) is 24.4. The number of nitrogens with one attached hydrogen (secondary N) is 1. The normalized spacial score (nSPS) is 17.8. The molecular weight excluding hydrogens is 451 g/mol. The van der Waals surface area contributed by atoms with Crippen LogP contribution in [0, 0.1) is 5.82 Å². The molecule has 6 N–H and O–H groups in total. The summed E-state index contributed by atoms with van der Waals surface area (Å²) in [5, 5.41) is 12.9. The van der Waals surface area contributed by atoms with Crippen LogP contribution in [-0.4, -0.2) is 52.8 Å². The standard InChI is InChI=1S/C25H29FN6O3/c1-2-9-35-17-3-4-19(26)18(11-17)21-6-5-20(28)24(30-21)25(34)31-22-12-29-8-7-23(22)32-13-15(27)10-16(33)14-32/h3-8,11-12,15-16,33H,2,9-10,13-14,27-28H2,1H3,(H,31,34)/t15-,16-/m0/s1. The number of amides is 1. The highest BCUT2D eigenvalue weighted by Crippen LogP contribution is 2.30. The summed E-state index contributed by atoms with van der Waals surface area (Å²) in [5.41, 5.74) is 13.8. The number of nitrogens with zero attached hydrogens (tertiary/aromatic N) is 3. The zero-order chi connectivity index (χ0) is 24.9. The molecule has 0 bridgehead atoms. The van der Waals surface area contributed by atoms with Crippen molar-refractivity contribution < 1.29 is 19.0 Å². The zero-order valence-electron chi connectivity index (χ0n) is 19.4. The highest BCUT2D eigenvalue weighted by molar-refractivity contribution is 6.08. The molecule has 1 aromatic carbocycles. The molecule has 3 heterocycles. The number of anilines is 3. The summed E-state index contributed by atoms with van der Waals surface area (Å²) >= 11 is 0. The van der Waals surface area contributed by atoms with Gasteiger partial charge in [0.15, 0.2) is 5.69 Å². The van der Waals surface area contributed by atoms with E-state index in [0.717, 1.165) is 6.42 Å². The maximum atomic E-state index is 14.6. The van der Waals surface area contributed by atoms with Gasteiger partial charge in [-0.2, -0.15) is 0 Å². The smallest absolute Gasteiger partial charge is 0.276 e. The second-order valence-electron chi connectivity index (χ2n) is 8.53. The fourth-order valence-electron chi connectivity index (χ4n) is 4.06. The lowest BCUT2D eigenvalue weighted by molar-refractivity contribution is 0.102. The van der Waals surface area contributed by atoms with Crippen LogP contribution in [0.4, 0.5) is 21.5 Å². The van der Waals surface area contributed by atoms with Gasteiger partial charge in [-0.3, -0.25) is 9.78 Å². The Labute approximate surface area is 202 Å². The minimum atomic E-state index is -0.573. The molecular formula is C25H29FN6O3. The number of β-amino-alcohol motifs (C(OH)–C–C–N with tert-alkyl or cyclic N) is 1. The van der Waals surface area contributed by atoms with E-state index in [1.807, 2.05) is 11.8 Å². The Kier molecular flexibility index (Phi) is 7.42. The molecule has 1 amide bonds. The third kappa shape index (κ3) is 5.67. The third-order valence-corrected chi connectivity index (χ3v) is 5.68. The van der Waals surface area contributed by atoms with Crippen LogP contribution in [0.5, 0.6) is 5.75 Å². The molecule has 0 saturated carbocycles. The quantitative estimate of drug-likeness (QED) is 0.405. The molecule has 2 atom stereocenters. The molecule has 1 fully saturated rings. The minimum absolute atomic E-state index is 0.0491. The van der Waals surface area contributed by atoms with E-state index in [1.54, 1.807) is 30.5 Å². The van der Waals surface area contributed by atoms with Crippen molar-refractivity contribution >= 4 is 23.0 Å².